The van der Waals surface area contributed by atoms with Gasteiger partial charge in [-0.3, -0.25) is 39.1 Å². The van der Waals surface area contributed by atoms with Crippen LogP contribution in [0.5, 0.6) is 0 Å². The topological polar surface area (TPSA) is 266 Å². The highest BCUT2D eigenvalue weighted by atomic mass is 16.2. The van der Waals surface area contributed by atoms with Crippen molar-refractivity contribution in [3.8, 4) is 11.8 Å². The molecule has 1 aliphatic rings. The summed E-state index contributed by atoms with van der Waals surface area (Å²) >= 11 is 0. The van der Waals surface area contributed by atoms with E-state index in [-0.39, 0.29) is 32.2 Å². The van der Waals surface area contributed by atoms with Crippen LogP contribution < -0.4 is 43.5 Å². The number of hydrogen-bond donors (Lipinski definition) is 9. The van der Waals surface area contributed by atoms with Crippen molar-refractivity contribution in [1.82, 2.24) is 46.9 Å². The molecule has 0 saturated heterocycles. The predicted octanol–water partition coefficient (Wildman–Crippen LogP) is 0.633. The predicted molar refractivity (Wildman–Crippen MR) is 239 cm³/mol. The Kier molecular flexibility index (Phi) is 19.6. The van der Waals surface area contributed by atoms with Gasteiger partial charge in [-0.1, -0.05) is 66.4 Å². The van der Waals surface area contributed by atoms with Crippen molar-refractivity contribution in [2.45, 2.75) is 95.4 Å². The lowest BCUT2D eigenvalue weighted by Crippen LogP contribution is -2.60. The number of aromatic nitrogens is 1. The molecule has 63 heavy (non-hydrogen) atoms. The largest absolute Gasteiger partial charge is 0.368 e. The Bertz CT molecular complexity index is 2120. The highest BCUT2D eigenvalue weighted by Crippen LogP contribution is 2.19. The van der Waals surface area contributed by atoms with Gasteiger partial charge in [0.1, 0.15) is 36.8 Å². The molecule has 4 rings (SSSR count). The normalized spacial score (nSPS) is 19.3. The third kappa shape index (κ3) is 15.9. The molecule has 18 heteroatoms. The number of nitrogens with one attached hydrogen (secondary N) is 7. The number of aromatic amines is 1. The lowest BCUT2D eigenvalue weighted by molar-refractivity contribution is -0.134. The van der Waals surface area contributed by atoms with Gasteiger partial charge >= 0.3 is 6.03 Å². The quantitative estimate of drug-likeness (QED) is 0.0555. The molecule has 8 amide bonds. The van der Waals surface area contributed by atoms with Crippen molar-refractivity contribution >= 4 is 52.4 Å². The van der Waals surface area contributed by atoms with Gasteiger partial charge in [0.25, 0.3) is 0 Å². The Hall–Kier alpha value is -6.71. The minimum absolute atomic E-state index is 0.00551. The highest BCUT2D eigenvalue weighted by molar-refractivity contribution is 5.96. The fraction of sp³-hybridized carbons (Fsp3) is 0.444. The van der Waals surface area contributed by atoms with E-state index in [0.717, 1.165) is 21.5 Å². The van der Waals surface area contributed by atoms with Crippen molar-refractivity contribution < 1.29 is 33.6 Å². The van der Waals surface area contributed by atoms with Gasteiger partial charge in [0, 0.05) is 43.4 Å². The maximum atomic E-state index is 14.2. The van der Waals surface area contributed by atoms with E-state index >= 15 is 0 Å². The molecule has 1 aromatic heterocycles. The van der Waals surface area contributed by atoms with Crippen LogP contribution >= 0.6 is 0 Å². The number of urea groups is 1. The van der Waals surface area contributed by atoms with Crippen LogP contribution in [-0.4, -0.2) is 119 Å². The number of primary amides is 1. The molecule has 0 radical (unpaired) electrons. The molecule has 11 N–H and O–H groups in total. The van der Waals surface area contributed by atoms with Crippen LogP contribution in [0.3, 0.4) is 0 Å². The van der Waals surface area contributed by atoms with Crippen molar-refractivity contribution in [2.24, 2.45) is 11.5 Å². The van der Waals surface area contributed by atoms with Crippen LogP contribution in [-0.2, 0) is 41.6 Å². The Balaban J connectivity index is 1.63. The van der Waals surface area contributed by atoms with E-state index in [4.69, 9.17) is 11.5 Å². The Morgan fingerprint density at radius 1 is 0.921 bits per heavy atom. The maximum Gasteiger partial charge on any atom is 0.337 e. The van der Waals surface area contributed by atoms with Crippen LogP contribution in [0.4, 0.5) is 4.79 Å². The zero-order chi connectivity index (χ0) is 45.7. The molecule has 3 aromatic rings. The number of nitrogens with zero attached hydrogens (tertiary/aromatic N) is 2. The fourth-order valence-corrected chi connectivity index (χ4v) is 7.04. The van der Waals surface area contributed by atoms with Gasteiger partial charge in [0.2, 0.25) is 35.4 Å². The summed E-state index contributed by atoms with van der Waals surface area (Å²) in [7, 11) is 0. The Morgan fingerprint density at radius 3 is 2.37 bits per heavy atom. The van der Waals surface area contributed by atoms with Crippen molar-refractivity contribution in [3.63, 3.8) is 0 Å². The number of rotatable bonds is 16. The number of amides is 8. The van der Waals surface area contributed by atoms with Crippen LogP contribution in [0.2, 0.25) is 0 Å². The second kappa shape index (κ2) is 25.3. The first-order valence-corrected chi connectivity index (χ1v) is 21.2. The average molecular weight is 868 g/mol. The first-order valence-electron chi connectivity index (χ1n) is 21.2. The van der Waals surface area contributed by atoms with Gasteiger partial charge in [-0.25, -0.2) is 9.80 Å². The van der Waals surface area contributed by atoms with Crippen LogP contribution in [0, 0.1) is 11.8 Å². The summed E-state index contributed by atoms with van der Waals surface area (Å²) in [6.45, 7) is 8.07. The molecule has 0 fully saturated rings. The van der Waals surface area contributed by atoms with E-state index in [9.17, 15) is 33.6 Å². The summed E-state index contributed by atoms with van der Waals surface area (Å²) in [6.07, 6.45) is 6.17. The molecule has 338 valence electrons. The third-order valence-electron chi connectivity index (χ3n) is 10.4. The third-order valence-corrected chi connectivity index (χ3v) is 10.4. The summed E-state index contributed by atoms with van der Waals surface area (Å²) < 4.78 is 0. The molecule has 18 nitrogen and oxygen atoms in total. The van der Waals surface area contributed by atoms with Gasteiger partial charge in [-0.15, -0.1) is 6.58 Å². The first-order chi connectivity index (χ1) is 30.3. The number of nitrogens with two attached hydrogens (primary N) is 2. The van der Waals surface area contributed by atoms with Crippen LogP contribution in [0.25, 0.3) is 10.9 Å². The number of carbonyl (C=O) groups is 7. The molecular formula is C45H61N11O7. The summed E-state index contributed by atoms with van der Waals surface area (Å²) in [5.74, 6) is 2.02. The number of fused-ring (bicyclic) bond motifs is 1. The van der Waals surface area contributed by atoms with Crippen molar-refractivity contribution in [2.75, 3.05) is 32.7 Å². The van der Waals surface area contributed by atoms with E-state index in [1.54, 1.807) is 36.5 Å². The number of carbonyl (C=O) groups excluding carboxylic acids is 7. The van der Waals surface area contributed by atoms with E-state index in [1.165, 1.54) is 13.8 Å². The number of unbranched alkanes of at least 4 members (excludes halogenated alkanes) is 1. The fourth-order valence-electron chi connectivity index (χ4n) is 7.04. The molecule has 1 aliphatic heterocycles. The minimum Gasteiger partial charge on any atom is -0.368 e. The molecule has 0 aliphatic carbocycles. The van der Waals surface area contributed by atoms with Gasteiger partial charge < -0.3 is 43.0 Å². The van der Waals surface area contributed by atoms with E-state index in [2.05, 4.69) is 55.4 Å². The highest BCUT2D eigenvalue weighted by Gasteiger charge is 2.32. The molecular weight excluding hydrogens is 807 g/mol. The van der Waals surface area contributed by atoms with Crippen LogP contribution in [0.15, 0.2) is 73.4 Å². The molecule has 0 saturated carbocycles. The Labute approximate surface area is 368 Å². The number of benzene rings is 2. The van der Waals surface area contributed by atoms with E-state index in [0.29, 0.717) is 57.4 Å². The van der Waals surface area contributed by atoms with E-state index < -0.39 is 71.7 Å². The summed E-state index contributed by atoms with van der Waals surface area (Å²) in [5.41, 5.74) is 16.0. The lowest BCUT2D eigenvalue weighted by atomic mass is 10.0. The van der Waals surface area contributed by atoms with Crippen molar-refractivity contribution in [3.05, 3.63) is 84.6 Å². The molecule has 2 heterocycles. The standard InChI is InChI=1S/C45H61N11O7/c1-4-23-55-24-13-11-21-37(42(60)52-38(27-32-16-6-5-7-17-32)44(62)50-36(40(47)58)20-10-12-22-46)51-41(59)30(2)49-43(61)39(28-33-29-48-35-19-9-8-18-34(33)35)53-45(63)56(54-31(3)57)26-15-14-25-55/h4-9,16-19,29-30,36-39,48H,1,10-13,20-28,46H2,2-3H3,(H2,47,58)(H,49,61)(H,50,62)(H,51,59)(H,52,60)(H,53,63)(H,54,57)/t30-,36-,37-,38+,39+/m0/s1. The van der Waals surface area contributed by atoms with Gasteiger partial charge in [-0.2, -0.15) is 0 Å². The maximum absolute atomic E-state index is 14.2. The van der Waals surface area contributed by atoms with Gasteiger partial charge in [-0.05, 0) is 75.7 Å². The number of H-pyrrole nitrogens is 1. The van der Waals surface area contributed by atoms with Gasteiger partial charge in [0.15, 0.2) is 0 Å². The van der Waals surface area contributed by atoms with Gasteiger partial charge in [0.05, 0.1) is 6.54 Å². The zero-order valence-corrected chi connectivity index (χ0v) is 36.0. The molecule has 0 bridgehead atoms. The molecule has 5 atom stereocenters. The molecule has 0 spiro atoms. The average Bonchev–Trinajstić information content (AvgIpc) is 3.66. The number of hydrogen-bond acceptors (Lipinski definition) is 9. The first kappa shape index (κ1) is 49.0. The lowest BCUT2D eigenvalue weighted by Gasteiger charge is -2.27. The zero-order valence-electron chi connectivity index (χ0n) is 36.0. The second-order valence-electron chi connectivity index (χ2n) is 15.5. The van der Waals surface area contributed by atoms with Crippen LogP contribution in [0.1, 0.15) is 63.5 Å². The number of para-hydroxylation sites is 1. The SMILES string of the molecule is C=CCN1CC#CCN(NC(C)=O)C(=O)N[C@H](Cc2c[nH]c3ccccc23)C(=O)N[C@@H](C)C(=O)N[C@H](C(=O)N[C@H](Cc2ccccc2)C(=O)N[C@@H](CCCCN)C(N)=O)CCCC1. The second-order valence-corrected chi connectivity index (χ2v) is 15.5. The molecule has 0 unspecified atom stereocenters. The van der Waals surface area contributed by atoms with Crippen molar-refractivity contribution in [1.29, 1.82) is 0 Å². The summed E-state index contributed by atoms with van der Waals surface area (Å²) in [6, 6.07) is 9.90. The summed E-state index contributed by atoms with van der Waals surface area (Å²) in [4.78, 5) is 99.4. The van der Waals surface area contributed by atoms with E-state index in [1.807, 2.05) is 35.2 Å². The molecule has 2 aromatic carbocycles. The summed E-state index contributed by atoms with van der Waals surface area (Å²) in [5, 5.41) is 15.5. The monoisotopic (exact) mass is 867 g/mol. The number of hydrazine groups is 1. The minimum atomic E-state index is -1.24. The Morgan fingerprint density at radius 2 is 1.65 bits per heavy atom. The smallest absolute Gasteiger partial charge is 0.337 e.